The monoisotopic (exact) mass is 723 g/mol. The SMILES string of the molecule is CCCCCCCCCCCCCOC(=O)CC(CC(=O)OCCCCCCCCCCCCC)C(=O)OCCCCCCCCCCCCC. The summed E-state index contributed by atoms with van der Waals surface area (Å²) in [5, 5.41) is 0. The van der Waals surface area contributed by atoms with Crippen molar-refractivity contribution >= 4 is 17.9 Å². The van der Waals surface area contributed by atoms with Crippen LogP contribution in [0.15, 0.2) is 0 Å². The van der Waals surface area contributed by atoms with Gasteiger partial charge in [0, 0.05) is 0 Å². The van der Waals surface area contributed by atoms with Crippen molar-refractivity contribution in [3.63, 3.8) is 0 Å². The van der Waals surface area contributed by atoms with Crippen molar-refractivity contribution < 1.29 is 28.6 Å². The molecule has 0 bridgehead atoms. The second-order valence-electron chi connectivity index (χ2n) is 15.3. The van der Waals surface area contributed by atoms with Crippen LogP contribution in [0.1, 0.15) is 245 Å². The summed E-state index contributed by atoms with van der Waals surface area (Å²) < 4.78 is 16.5. The average molecular weight is 723 g/mol. The molecule has 6 nitrogen and oxygen atoms in total. The third-order valence-corrected chi connectivity index (χ3v) is 10.2. The molecule has 0 N–H and O–H groups in total. The van der Waals surface area contributed by atoms with Crippen LogP contribution < -0.4 is 0 Å². The molecule has 0 unspecified atom stereocenters. The summed E-state index contributed by atoms with van der Waals surface area (Å²) in [6.45, 7) is 7.80. The fourth-order valence-corrected chi connectivity index (χ4v) is 6.72. The third-order valence-electron chi connectivity index (χ3n) is 10.2. The van der Waals surface area contributed by atoms with Crippen LogP contribution in [0, 0.1) is 5.92 Å². The first-order valence-corrected chi connectivity index (χ1v) is 22.5. The number of rotatable bonds is 41. The Balaban J connectivity index is 4.35. The Hall–Kier alpha value is -1.59. The Morgan fingerprint density at radius 3 is 0.784 bits per heavy atom. The molecule has 6 heteroatoms. The molecule has 0 heterocycles. The molecule has 302 valence electrons. The normalized spacial score (nSPS) is 11.3. The fraction of sp³-hybridized carbons (Fsp3) is 0.933. The zero-order valence-corrected chi connectivity index (χ0v) is 34.4. The van der Waals surface area contributed by atoms with Crippen molar-refractivity contribution in [2.45, 2.75) is 245 Å². The molecule has 0 saturated heterocycles. The number of unbranched alkanes of at least 4 members (excludes halogenated alkanes) is 30. The Morgan fingerprint density at radius 2 is 0.529 bits per heavy atom. The molecule has 0 saturated carbocycles. The lowest BCUT2D eigenvalue weighted by Gasteiger charge is -2.15. The number of esters is 3. The van der Waals surface area contributed by atoms with Crippen LogP contribution in [-0.2, 0) is 28.6 Å². The van der Waals surface area contributed by atoms with E-state index in [4.69, 9.17) is 14.2 Å². The van der Waals surface area contributed by atoms with Crippen LogP contribution in [0.3, 0.4) is 0 Å². The minimum absolute atomic E-state index is 0.136. The van der Waals surface area contributed by atoms with Gasteiger partial charge >= 0.3 is 17.9 Å². The van der Waals surface area contributed by atoms with Crippen LogP contribution in [0.5, 0.6) is 0 Å². The van der Waals surface area contributed by atoms with Crippen molar-refractivity contribution in [3.8, 4) is 0 Å². The van der Waals surface area contributed by atoms with E-state index in [2.05, 4.69) is 20.8 Å². The van der Waals surface area contributed by atoms with Crippen molar-refractivity contribution in [2.75, 3.05) is 19.8 Å². The topological polar surface area (TPSA) is 78.9 Å². The molecule has 0 fully saturated rings. The maximum Gasteiger partial charge on any atom is 0.310 e. The van der Waals surface area contributed by atoms with E-state index >= 15 is 0 Å². The van der Waals surface area contributed by atoms with Gasteiger partial charge in [-0.3, -0.25) is 14.4 Å². The molecule has 0 rings (SSSR count). The quantitative estimate of drug-likeness (QED) is 0.0355. The summed E-state index contributed by atoms with van der Waals surface area (Å²) in [4.78, 5) is 38.4. The van der Waals surface area contributed by atoms with Gasteiger partial charge in [-0.05, 0) is 19.3 Å². The smallest absolute Gasteiger partial charge is 0.310 e. The number of ether oxygens (including phenoxy) is 3. The van der Waals surface area contributed by atoms with Crippen molar-refractivity contribution in [2.24, 2.45) is 5.92 Å². The maximum atomic E-state index is 13.0. The Labute approximate surface area is 317 Å². The highest BCUT2D eigenvalue weighted by atomic mass is 16.5. The first kappa shape index (κ1) is 49.4. The molecule has 0 aromatic carbocycles. The molecule has 0 atom stereocenters. The van der Waals surface area contributed by atoms with E-state index < -0.39 is 23.8 Å². The highest BCUT2D eigenvalue weighted by Gasteiger charge is 2.28. The van der Waals surface area contributed by atoms with Gasteiger partial charge in [-0.2, -0.15) is 0 Å². The summed E-state index contributed by atoms with van der Waals surface area (Å²) in [7, 11) is 0. The zero-order valence-electron chi connectivity index (χ0n) is 34.4. The first-order valence-electron chi connectivity index (χ1n) is 22.5. The molecular weight excluding hydrogens is 636 g/mol. The summed E-state index contributed by atoms with van der Waals surface area (Å²) >= 11 is 0. The van der Waals surface area contributed by atoms with E-state index in [1.807, 2.05) is 0 Å². The largest absolute Gasteiger partial charge is 0.466 e. The summed E-state index contributed by atoms with van der Waals surface area (Å²) in [5.41, 5.74) is 0. The van der Waals surface area contributed by atoms with Crippen LogP contribution in [0.25, 0.3) is 0 Å². The minimum Gasteiger partial charge on any atom is -0.466 e. The van der Waals surface area contributed by atoms with Gasteiger partial charge < -0.3 is 14.2 Å². The molecule has 0 aliphatic rings. The van der Waals surface area contributed by atoms with E-state index in [-0.39, 0.29) is 12.8 Å². The van der Waals surface area contributed by atoms with E-state index in [0.29, 0.717) is 19.8 Å². The van der Waals surface area contributed by atoms with Crippen LogP contribution in [0.4, 0.5) is 0 Å². The van der Waals surface area contributed by atoms with Crippen molar-refractivity contribution in [3.05, 3.63) is 0 Å². The van der Waals surface area contributed by atoms with Gasteiger partial charge in [-0.1, -0.05) is 213 Å². The Morgan fingerprint density at radius 1 is 0.314 bits per heavy atom. The lowest BCUT2D eigenvalue weighted by atomic mass is 10.0. The standard InChI is InChI=1S/C45H86O6/c1-4-7-10-13-16-19-22-25-28-31-34-37-49-43(46)40-42(45(48)51-39-36-33-30-27-24-21-18-15-12-9-6-3)41-44(47)50-38-35-32-29-26-23-20-17-14-11-8-5-2/h42H,4-41H2,1-3H3. The number of carbonyl (C=O) groups is 3. The number of carbonyl (C=O) groups excluding carboxylic acids is 3. The van der Waals surface area contributed by atoms with Gasteiger partial charge in [0.15, 0.2) is 0 Å². The summed E-state index contributed by atoms with van der Waals surface area (Å²) in [6, 6.07) is 0. The van der Waals surface area contributed by atoms with Crippen LogP contribution in [0.2, 0.25) is 0 Å². The summed E-state index contributed by atoms with van der Waals surface area (Å²) in [5.74, 6) is -2.21. The molecule has 0 aliphatic carbocycles. The highest BCUT2D eigenvalue weighted by Crippen LogP contribution is 2.17. The van der Waals surface area contributed by atoms with Gasteiger partial charge in [-0.25, -0.2) is 0 Å². The van der Waals surface area contributed by atoms with Gasteiger partial charge in [-0.15, -0.1) is 0 Å². The predicted molar refractivity (Wildman–Crippen MR) is 215 cm³/mol. The van der Waals surface area contributed by atoms with E-state index in [9.17, 15) is 14.4 Å². The van der Waals surface area contributed by atoms with Crippen LogP contribution in [-0.4, -0.2) is 37.7 Å². The van der Waals surface area contributed by atoms with Gasteiger partial charge in [0.1, 0.15) is 0 Å². The Kier molecular flexibility index (Phi) is 39.9. The molecule has 0 amide bonds. The lowest BCUT2D eigenvalue weighted by Crippen LogP contribution is -2.26. The highest BCUT2D eigenvalue weighted by molar-refractivity contribution is 5.84. The zero-order chi connectivity index (χ0) is 37.3. The molecule has 0 aromatic heterocycles. The van der Waals surface area contributed by atoms with Crippen molar-refractivity contribution in [1.82, 2.24) is 0 Å². The molecule has 0 aliphatic heterocycles. The second kappa shape index (κ2) is 41.2. The van der Waals surface area contributed by atoms with E-state index in [1.165, 1.54) is 154 Å². The number of hydrogen-bond acceptors (Lipinski definition) is 6. The van der Waals surface area contributed by atoms with Gasteiger partial charge in [0.05, 0.1) is 38.6 Å². The predicted octanol–water partition coefficient (Wildman–Crippen LogP) is 13.9. The second-order valence-corrected chi connectivity index (χ2v) is 15.3. The molecule has 51 heavy (non-hydrogen) atoms. The Bertz CT molecular complexity index is 711. The molecular formula is C45H86O6. The maximum absolute atomic E-state index is 13.0. The molecule has 0 aromatic rings. The molecule has 0 radical (unpaired) electrons. The number of hydrogen-bond donors (Lipinski definition) is 0. The van der Waals surface area contributed by atoms with Gasteiger partial charge in [0.2, 0.25) is 0 Å². The van der Waals surface area contributed by atoms with Crippen LogP contribution >= 0.6 is 0 Å². The first-order chi connectivity index (χ1) is 25.0. The lowest BCUT2D eigenvalue weighted by molar-refractivity contribution is -0.159. The van der Waals surface area contributed by atoms with E-state index in [1.54, 1.807) is 0 Å². The van der Waals surface area contributed by atoms with E-state index in [0.717, 1.165) is 57.8 Å². The van der Waals surface area contributed by atoms with Crippen molar-refractivity contribution in [1.29, 1.82) is 0 Å². The minimum atomic E-state index is -0.854. The molecule has 0 spiro atoms. The third kappa shape index (κ3) is 38.0. The summed E-state index contributed by atoms with van der Waals surface area (Å²) in [6.07, 6.45) is 40.3. The fourth-order valence-electron chi connectivity index (χ4n) is 6.72. The average Bonchev–Trinajstić information content (AvgIpc) is 3.12. The van der Waals surface area contributed by atoms with Gasteiger partial charge in [0.25, 0.3) is 0 Å².